The van der Waals surface area contributed by atoms with E-state index in [4.69, 9.17) is 0 Å². The molecule has 0 saturated carbocycles. The zero-order valence-corrected chi connectivity index (χ0v) is 5.57. The summed E-state index contributed by atoms with van der Waals surface area (Å²) in [6.07, 6.45) is 1.44. The van der Waals surface area contributed by atoms with Crippen LogP contribution in [0.4, 0.5) is 0 Å². The van der Waals surface area contributed by atoms with E-state index >= 15 is 0 Å². The molecule has 0 heterocycles. The third-order valence-electron chi connectivity index (χ3n) is 0.334. The average Bonchev–Trinajstić information content (AvgIpc) is 1.83. The fourth-order valence-electron chi connectivity index (χ4n) is 0.122. The molecule has 1 atom stereocenters. The minimum absolute atomic E-state index is 0.166. The van der Waals surface area contributed by atoms with Crippen molar-refractivity contribution in [2.75, 3.05) is 6.61 Å². The molecule has 0 fully saturated rings. The van der Waals surface area contributed by atoms with Gasteiger partial charge in [0.15, 0.2) is 0 Å². The van der Waals surface area contributed by atoms with Gasteiger partial charge in [0.1, 0.15) is 0 Å². The monoisotopic (exact) mass is 156 g/mol. The van der Waals surface area contributed by atoms with Gasteiger partial charge in [-0.15, -0.1) is 6.58 Å². The van der Waals surface area contributed by atoms with Gasteiger partial charge in [-0.2, -0.15) is 7.94 Å². The molecule has 48 valence electrons. The van der Waals surface area contributed by atoms with Crippen LogP contribution in [-0.4, -0.2) is 10.8 Å². The normalized spacial score (nSPS) is 13.1. The third-order valence-corrected chi connectivity index (χ3v) is 1.07. The van der Waals surface area contributed by atoms with Crippen molar-refractivity contribution in [1.29, 1.82) is 0 Å². The molecule has 0 bridgehead atoms. The van der Waals surface area contributed by atoms with Crippen molar-refractivity contribution in [3.8, 4) is 0 Å². The molecule has 1 unspecified atom stereocenters. The van der Waals surface area contributed by atoms with E-state index in [1.165, 1.54) is 6.08 Å². The maximum atomic E-state index is 10.1. The highest BCUT2D eigenvalue weighted by Crippen LogP contribution is 1.90. The zero-order chi connectivity index (χ0) is 6.41. The molecule has 0 aromatic carbocycles. The SMILES string of the molecule is C=CCOS(=O)OCl. The molecule has 0 aromatic heterocycles. The van der Waals surface area contributed by atoms with Crippen molar-refractivity contribution in [1.82, 2.24) is 0 Å². The Kier molecular flexibility index (Phi) is 5.31. The van der Waals surface area contributed by atoms with Gasteiger partial charge in [0.25, 0.3) is 0 Å². The van der Waals surface area contributed by atoms with Gasteiger partial charge in [0.2, 0.25) is 0 Å². The van der Waals surface area contributed by atoms with Crippen LogP contribution in [0.25, 0.3) is 0 Å². The summed E-state index contributed by atoms with van der Waals surface area (Å²) in [5.74, 6) is 0. The Morgan fingerprint density at radius 2 is 2.50 bits per heavy atom. The van der Waals surface area contributed by atoms with Crippen LogP contribution in [0, 0.1) is 0 Å². The maximum absolute atomic E-state index is 10.1. The standard InChI is InChI=1S/C3H5ClO3S/c1-2-3-6-8(5)7-4/h2H,1,3H2. The molecule has 3 nitrogen and oxygen atoms in total. The van der Waals surface area contributed by atoms with Gasteiger partial charge >= 0.3 is 11.4 Å². The van der Waals surface area contributed by atoms with E-state index in [1.807, 2.05) is 0 Å². The summed E-state index contributed by atoms with van der Waals surface area (Å²) in [6.45, 7) is 3.47. The molecule has 0 aromatic rings. The second-order valence-electron chi connectivity index (χ2n) is 0.840. The molecule has 0 saturated heterocycles. The molecule has 8 heavy (non-hydrogen) atoms. The van der Waals surface area contributed by atoms with E-state index in [9.17, 15) is 4.21 Å². The topological polar surface area (TPSA) is 35.5 Å². The van der Waals surface area contributed by atoms with Gasteiger partial charge < -0.3 is 0 Å². The highest BCUT2D eigenvalue weighted by Gasteiger charge is 1.93. The molecule has 0 amide bonds. The summed E-state index contributed by atoms with van der Waals surface area (Å²) in [5, 5.41) is 0. The van der Waals surface area contributed by atoms with Crippen molar-refractivity contribution in [2.45, 2.75) is 0 Å². The number of hydrogen-bond acceptors (Lipinski definition) is 3. The molecule has 0 radical (unpaired) electrons. The molecule has 0 aliphatic heterocycles. The lowest BCUT2D eigenvalue weighted by Gasteiger charge is -1.90. The lowest BCUT2D eigenvalue weighted by atomic mass is 10.7. The van der Waals surface area contributed by atoms with Crippen LogP contribution in [0.3, 0.4) is 0 Å². The molecular formula is C3H5ClO3S. The Labute approximate surface area is 55.3 Å². The summed E-state index contributed by atoms with van der Waals surface area (Å²) in [4.78, 5) is 0. The van der Waals surface area contributed by atoms with Crippen LogP contribution >= 0.6 is 11.9 Å². The fourth-order valence-corrected chi connectivity index (χ4v) is 0.475. The molecule has 0 aliphatic rings. The van der Waals surface area contributed by atoms with Crippen molar-refractivity contribution >= 4 is 23.2 Å². The Bertz CT molecular complexity index is 94.5. The Morgan fingerprint density at radius 1 is 1.88 bits per heavy atom. The van der Waals surface area contributed by atoms with Gasteiger partial charge in [-0.3, -0.25) is 4.18 Å². The molecule has 0 N–H and O–H groups in total. The van der Waals surface area contributed by atoms with Crippen LogP contribution < -0.4 is 0 Å². The van der Waals surface area contributed by atoms with E-state index in [0.717, 1.165) is 0 Å². The van der Waals surface area contributed by atoms with E-state index in [-0.39, 0.29) is 6.61 Å². The molecule has 5 heteroatoms. The van der Waals surface area contributed by atoms with Crippen molar-refractivity contribution < 1.29 is 12.1 Å². The third kappa shape index (κ3) is 4.26. The van der Waals surface area contributed by atoms with Crippen molar-refractivity contribution in [3.63, 3.8) is 0 Å². The van der Waals surface area contributed by atoms with Gasteiger partial charge in [-0.05, 0) is 0 Å². The minimum Gasteiger partial charge on any atom is -0.263 e. The number of rotatable bonds is 4. The first-order valence-corrected chi connectivity index (χ1v) is 3.07. The minimum atomic E-state index is -1.83. The molecular weight excluding hydrogens is 152 g/mol. The first-order chi connectivity index (χ1) is 3.81. The van der Waals surface area contributed by atoms with Crippen molar-refractivity contribution in [2.24, 2.45) is 0 Å². The Morgan fingerprint density at radius 3 is 2.88 bits per heavy atom. The molecule has 0 aliphatic carbocycles. The Hall–Kier alpha value is 0.1000. The van der Waals surface area contributed by atoms with Crippen molar-refractivity contribution in [3.05, 3.63) is 12.7 Å². The Balaban J connectivity index is 3.11. The van der Waals surface area contributed by atoms with Gasteiger partial charge in [0.05, 0.1) is 18.5 Å². The molecule has 0 rings (SSSR count). The van der Waals surface area contributed by atoms with Gasteiger partial charge in [-0.1, -0.05) is 6.08 Å². The summed E-state index contributed by atoms with van der Waals surface area (Å²) < 4.78 is 18.1. The fraction of sp³-hybridized carbons (Fsp3) is 0.333. The van der Waals surface area contributed by atoms with Gasteiger partial charge in [-0.25, -0.2) is 0 Å². The first-order valence-electron chi connectivity index (χ1n) is 1.76. The predicted molar refractivity (Wildman–Crippen MR) is 31.2 cm³/mol. The number of hydrogen-bond donors (Lipinski definition) is 0. The summed E-state index contributed by atoms with van der Waals surface area (Å²) >= 11 is 2.80. The maximum Gasteiger partial charge on any atom is 0.322 e. The average molecular weight is 157 g/mol. The van der Waals surface area contributed by atoms with Crippen LogP contribution in [-0.2, 0) is 19.3 Å². The van der Waals surface area contributed by atoms with E-state index in [2.05, 4.69) is 26.4 Å². The van der Waals surface area contributed by atoms with E-state index < -0.39 is 11.4 Å². The second-order valence-corrected chi connectivity index (χ2v) is 1.99. The van der Waals surface area contributed by atoms with Gasteiger partial charge in [0, 0.05) is 0 Å². The lowest BCUT2D eigenvalue weighted by Crippen LogP contribution is -1.94. The highest BCUT2D eigenvalue weighted by atomic mass is 35.5. The molecule has 0 spiro atoms. The summed E-state index contributed by atoms with van der Waals surface area (Å²) in [5.41, 5.74) is 0. The largest absolute Gasteiger partial charge is 0.322 e. The summed E-state index contributed by atoms with van der Waals surface area (Å²) in [7, 11) is 0. The second kappa shape index (κ2) is 5.24. The first kappa shape index (κ1) is 8.10. The van der Waals surface area contributed by atoms with Crippen LogP contribution in [0.15, 0.2) is 12.7 Å². The van der Waals surface area contributed by atoms with Crippen LogP contribution in [0.1, 0.15) is 0 Å². The number of halogens is 1. The quantitative estimate of drug-likeness (QED) is 0.569. The predicted octanol–water partition coefficient (Wildman–Crippen LogP) is 0.938. The van der Waals surface area contributed by atoms with Crippen LogP contribution in [0.2, 0.25) is 0 Å². The lowest BCUT2D eigenvalue weighted by molar-refractivity contribution is 0.354. The summed E-state index contributed by atoms with van der Waals surface area (Å²) in [6, 6.07) is 0. The highest BCUT2D eigenvalue weighted by molar-refractivity contribution is 7.75. The van der Waals surface area contributed by atoms with E-state index in [0.29, 0.717) is 0 Å². The zero-order valence-electron chi connectivity index (χ0n) is 4.00. The smallest absolute Gasteiger partial charge is 0.263 e. The van der Waals surface area contributed by atoms with E-state index in [1.54, 1.807) is 0 Å². The van der Waals surface area contributed by atoms with Crippen LogP contribution in [0.5, 0.6) is 0 Å².